The number of rotatable bonds is 4. The summed E-state index contributed by atoms with van der Waals surface area (Å²) in [7, 11) is 0. The number of aromatic nitrogens is 2. The maximum Gasteiger partial charge on any atom is 0.174 e. The minimum Gasteiger partial charge on any atom is -0.337 e. The van der Waals surface area contributed by atoms with Gasteiger partial charge in [0.1, 0.15) is 23.3 Å². The Balaban J connectivity index is 1.79. The van der Waals surface area contributed by atoms with E-state index in [-0.39, 0.29) is 23.0 Å². The second kappa shape index (κ2) is 7.15. The number of nitrogens with one attached hydrogen (secondary N) is 2. The predicted molar refractivity (Wildman–Crippen MR) is 98.8 cm³/mol. The van der Waals surface area contributed by atoms with Gasteiger partial charge in [0.2, 0.25) is 0 Å². The summed E-state index contributed by atoms with van der Waals surface area (Å²) in [4.78, 5) is 8.80. The predicted octanol–water partition coefficient (Wildman–Crippen LogP) is 5.67. The lowest BCUT2D eigenvalue weighted by Gasteiger charge is -2.14. The fourth-order valence-corrected chi connectivity index (χ4v) is 2.70. The van der Waals surface area contributed by atoms with Crippen LogP contribution in [0.15, 0.2) is 60.7 Å². The largest absolute Gasteiger partial charge is 0.337 e. The molecule has 0 aliphatic carbocycles. The fraction of sp³-hybridized carbons (Fsp3) is 0. The van der Waals surface area contributed by atoms with E-state index >= 15 is 0 Å². The molecule has 3 aromatic carbocycles. The summed E-state index contributed by atoms with van der Waals surface area (Å²) < 4.78 is 54.0. The highest BCUT2D eigenvalue weighted by atomic mass is 19.1. The van der Waals surface area contributed by atoms with Crippen LogP contribution in [-0.2, 0) is 0 Å². The van der Waals surface area contributed by atoms with Crippen LogP contribution in [0.1, 0.15) is 0 Å². The molecule has 2 N–H and O–H groups in total. The monoisotopic (exact) mass is 384 g/mol. The molecule has 0 amide bonds. The van der Waals surface area contributed by atoms with Crippen molar-refractivity contribution in [2.45, 2.75) is 0 Å². The van der Waals surface area contributed by atoms with E-state index in [9.17, 15) is 17.6 Å². The summed E-state index contributed by atoms with van der Waals surface area (Å²) in [5.74, 6) is -2.80. The lowest BCUT2D eigenvalue weighted by atomic mass is 10.2. The van der Waals surface area contributed by atoms with E-state index in [1.165, 1.54) is 0 Å². The van der Waals surface area contributed by atoms with Gasteiger partial charge in [0.15, 0.2) is 11.6 Å². The SMILES string of the molecule is Fc1cc(F)cc(Nc2nc3ccccc3nc2Nc2cc(F)cc(F)c2)c1. The molecule has 28 heavy (non-hydrogen) atoms. The van der Waals surface area contributed by atoms with Crippen molar-refractivity contribution in [1.82, 2.24) is 9.97 Å². The number of nitrogens with zero attached hydrogens (tertiary/aromatic N) is 2. The average molecular weight is 384 g/mol. The van der Waals surface area contributed by atoms with Crippen molar-refractivity contribution in [2.24, 2.45) is 0 Å². The summed E-state index contributed by atoms with van der Waals surface area (Å²) in [6.45, 7) is 0. The molecule has 4 aromatic rings. The van der Waals surface area contributed by atoms with Gasteiger partial charge in [-0.3, -0.25) is 0 Å². The van der Waals surface area contributed by atoms with Crippen LogP contribution in [0.2, 0.25) is 0 Å². The molecular formula is C20H12F4N4. The van der Waals surface area contributed by atoms with E-state index in [0.29, 0.717) is 11.0 Å². The van der Waals surface area contributed by atoms with Gasteiger partial charge in [-0.2, -0.15) is 0 Å². The van der Waals surface area contributed by atoms with Crippen molar-refractivity contribution in [3.05, 3.63) is 83.9 Å². The van der Waals surface area contributed by atoms with E-state index in [2.05, 4.69) is 20.6 Å². The third-order valence-corrected chi connectivity index (χ3v) is 3.82. The fourth-order valence-electron chi connectivity index (χ4n) is 2.70. The molecular weight excluding hydrogens is 372 g/mol. The molecule has 4 rings (SSSR count). The average Bonchev–Trinajstić information content (AvgIpc) is 2.60. The van der Waals surface area contributed by atoms with Gasteiger partial charge < -0.3 is 10.6 Å². The maximum absolute atomic E-state index is 13.5. The van der Waals surface area contributed by atoms with E-state index in [1.54, 1.807) is 24.3 Å². The topological polar surface area (TPSA) is 49.8 Å². The highest BCUT2D eigenvalue weighted by Gasteiger charge is 2.12. The quantitative estimate of drug-likeness (QED) is 0.445. The smallest absolute Gasteiger partial charge is 0.174 e. The van der Waals surface area contributed by atoms with Gasteiger partial charge in [-0.1, -0.05) is 12.1 Å². The first-order valence-corrected chi connectivity index (χ1v) is 8.19. The standard InChI is InChI=1S/C20H12F4N4/c21-11-5-12(22)8-15(7-11)25-19-20(26-16-9-13(23)6-14(24)10-16)28-18-4-2-1-3-17(18)27-19/h1-10H,(H,25,27)(H,26,28). The highest BCUT2D eigenvalue weighted by Crippen LogP contribution is 2.28. The Kier molecular flexibility index (Phi) is 4.52. The molecule has 140 valence electrons. The summed E-state index contributed by atoms with van der Waals surface area (Å²) in [5, 5.41) is 5.58. The van der Waals surface area contributed by atoms with Crippen LogP contribution in [0, 0.1) is 23.3 Å². The number of fused-ring (bicyclic) bond motifs is 1. The maximum atomic E-state index is 13.5. The summed E-state index contributed by atoms with van der Waals surface area (Å²) in [6, 6.07) is 12.8. The van der Waals surface area contributed by atoms with Gasteiger partial charge in [0.05, 0.1) is 11.0 Å². The first-order valence-electron chi connectivity index (χ1n) is 8.19. The Labute approximate surface area is 156 Å². The molecule has 0 radical (unpaired) electrons. The summed E-state index contributed by atoms with van der Waals surface area (Å²) >= 11 is 0. The van der Waals surface area contributed by atoms with Gasteiger partial charge in [0, 0.05) is 23.5 Å². The minimum absolute atomic E-state index is 0.107. The normalized spacial score (nSPS) is 10.9. The van der Waals surface area contributed by atoms with Crippen molar-refractivity contribution < 1.29 is 17.6 Å². The Hall–Kier alpha value is -3.68. The molecule has 8 heteroatoms. The molecule has 0 aliphatic rings. The molecule has 0 saturated heterocycles. The van der Waals surface area contributed by atoms with E-state index < -0.39 is 23.3 Å². The zero-order valence-electron chi connectivity index (χ0n) is 14.2. The molecule has 4 nitrogen and oxygen atoms in total. The minimum atomic E-state index is -0.766. The van der Waals surface area contributed by atoms with Gasteiger partial charge >= 0.3 is 0 Å². The number of anilines is 4. The Bertz CT molecular complexity index is 1050. The zero-order chi connectivity index (χ0) is 19.7. The van der Waals surface area contributed by atoms with Crippen molar-refractivity contribution >= 4 is 34.0 Å². The number of hydrogen-bond acceptors (Lipinski definition) is 4. The van der Waals surface area contributed by atoms with Crippen molar-refractivity contribution in [1.29, 1.82) is 0 Å². The molecule has 0 unspecified atom stereocenters. The summed E-state index contributed by atoms with van der Waals surface area (Å²) in [5.41, 5.74) is 1.27. The molecule has 1 aromatic heterocycles. The first kappa shape index (κ1) is 17.7. The van der Waals surface area contributed by atoms with Gasteiger partial charge in [0.25, 0.3) is 0 Å². The van der Waals surface area contributed by atoms with Crippen LogP contribution in [0.25, 0.3) is 11.0 Å². The Morgan fingerprint density at radius 1 is 0.536 bits per heavy atom. The van der Waals surface area contributed by atoms with Gasteiger partial charge in [-0.15, -0.1) is 0 Å². The Morgan fingerprint density at radius 2 is 0.893 bits per heavy atom. The van der Waals surface area contributed by atoms with Gasteiger partial charge in [-0.25, -0.2) is 27.5 Å². The molecule has 0 atom stereocenters. The van der Waals surface area contributed by atoms with Crippen molar-refractivity contribution in [2.75, 3.05) is 10.6 Å². The highest BCUT2D eigenvalue weighted by molar-refractivity contribution is 5.83. The summed E-state index contributed by atoms with van der Waals surface area (Å²) in [6.07, 6.45) is 0. The molecule has 0 saturated carbocycles. The van der Waals surface area contributed by atoms with Crippen molar-refractivity contribution in [3.8, 4) is 0 Å². The zero-order valence-corrected chi connectivity index (χ0v) is 14.2. The number of para-hydroxylation sites is 2. The van der Waals surface area contributed by atoms with Crippen LogP contribution in [0.4, 0.5) is 40.6 Å². The molecule has 0 fully saturated rings. The van der Waals surface area contributed by atoms with Crippen LogP contribution >= 0.6 is 0 Å². The second-order valence-electron chi connectivity index (χ2n) is 5.98. The third-order valence-electron chi connectivity index (χ3n) is 3.82. The number of hydrogen-bond donors (Lipinski definition) is 2. The molecule has 0 aliphatic heterocycles. The van der Waals surface area contributed by atoms with E-state index in [4.69, 9.17) is 0 Å². The number of halogens is 4. The van der Waals surface area contributed by atoms with Crippen LogP contribution in [0.3, 0.4) is 0 Å². The molecule has 1 heterocycles. The van der Waals surface area contributed by atoms with E-state index in [0.717, 1.165) is 36.4 Å². The van der Waals surface area contributed by atoms with E-state index in [1.807, 2.05) is 0 Å². The van der Waals surface area contributed by atoms with Gasteiger partial charge in [-0.05, 0) is 36.4 Å². The molecule has 0 spiro atoms. The first-order chi connectivity index (χ1) is 13.5. The lowest BCUT2D eigenvalue weighted by Crippen LogP contribution is -2.04. The van der Waals surface area contributed by atoms with Crippen LogP contribution in [0.5, 0.6) is 0 Å². The molecule has 0 bridgehead atoms. The van der Waals surface area contributed by atoms with Crippen molar-refractivity contribution in [3.63, 3.8) is 0 Å². The second-order valence-corrected chi connectivity index (χ2v) is 5.98. The van der Waals surface area contributed by atoms with Crippen LogP contribution < -0.4 is 10.6 Å². The Morgan fingerprint density at radius 3 is 1.25 bits per heavy atom. The van der Waals surface area contributed by atoms with Crippen LogP contribution in [-0.4, -0.2) is 9.97 Å². The third kappa shape index (κ3) is 3.85. The number of benzene rings is 3. The lowest BCUT2D eigenvalue weighted by molar-refractivity contribution is 0.583.